The maximum atomic E-state index is 12.3. The number of aromatic nitrogens is 2. The van der Waals surface area contributed by atoms with Crippen LogP contribution in [0.25, 0.3) is 11.0 Å². The van der Waals surface area contributed by atoms with Crippen LogP contribution < -0.4 is 5.32 Å². The first-order valence-electron chi connectivity index (χ1n) is 11.8. The van der Waals surface area contributed by atoms with Gasteiger partial charge in [0.1, 0.15) is 18.1 Å². The molecular weight excluding hydrogens is 418 g/mol. The van der Waals surface area contributed by atoms with Gasteiger partial charge in [-0.05, 0) is 55.0 Å². The van der Waals surface area contributed by atoms with Gasteiger partial charge in [-0.2, -0.15) is 0 Å². The summed E-state index contributed by atoms with van der Waals surface area (Å²) in [7, 11) is 0. The molecule has 178 valence electrons. The van der Waals surface area contributed by atoms with Crippen molar-refractivity contribution < 1.29 is 19.1 Å². The highest BCUT2D eigenvalue weighted by Crippen LogP contribution is 2.37. The van der Waals surface area contributed by atoms with Gasteiger partial charge in [-0.1, -0.05) is 40.5 Å². The topological polar surface area (TPSA) is 97.4 Å². The van der Waals surface area contributed by atoms with Crippen molar-refractivity contribution in [2.45, 2.75) is 65.8 Å². The molecule has 7 heteroatoms. The second kappa shape index (κ2) is 11.2. The Labute approximate surface area is 195 Å². The Kier molecular flexibility index (Phi) is 8.31. The number of carboxylic acid groups (broad SMARTS) is 1. The molecule has 0 aliphatic heterocycles. The number of carboxylic acids is 1. The van der Waals surface area contributed by atoms with Crippen molar-refractivity contribution in [1.82, 2.24) is 14.9 Å². The molecule has 2 atom stereocenters. The first-order chi connectivity index (χ1) is 15.8. The van der Waals surface area contributed by atoms with Gasteiger partial charge >= 0.3 is 5.97 Å². The van der Waals surface area contributed by atoms with Gasteiger partial charge in [-0.25, -0.2) is 4.98 Å². The summed E-state index contributed by atoms with van der Waals surface area (Å²) in [6.45, 7) is 8.38. The fourth-order valence-corrected chi connectivity index (χ4v) is 4.29. The summed E-state index contributed by atoms with van der Waals surface area (Å²) in [5.74, 6) is 1.68. The quantitative estimate of drug-likeness (QED) is 0.517. The number of nitrogens with one attached hydrogen (secondary N) is 1. The van der Waals surface area contributed by atoms with E-state index in [-0.39, 0.29) is 0 Å². The molecule has 1 aliphatic rings. The van der Waals surface area contributed by atoms with Gasteiger partial charge in [-0.15, -0.1) is 0 Å². The summed E-state index contributed by atoms with van der Waals surface area (Å²) in [6, 6.07) is 9.58. The Morgan fingerprint density at radius 1 is 1.21 bits per heavy atom. The van der Waals surface area contributed by atoms with Crippen LogP contribution >= 0.6 is 0 Å². The Bertz CT molecular complexity index is 1070. The molecule has 2 N–H and O–H groups in total. The van der Waals surface area contributed by atoms with E-state index in [1.54, 1.807) is 18.4 Å². The van der Waals surface area contributed by atoms with Crippen LogP contribution in [-0.4, -0.2) is 33.1 Å². The number of nitrogens with zero attached hydrogens (tertiary/aromatic N) is 2. The van der Waals surface area contributed by atoms with E-state index in [0.717, 1.165) is 35.0 Å². The van der Waals surface area contributed by atoms with Crippen LogP contribution in [0.1, 0.15) is 81.4 Å². The SMILES string of the molecule is CC(C)C.CC1CCCCC1n1c(Cc2ccco2)nc2cc(C(=O)NCC(=O)O)ccc21. The van der Waals surface area contributed by atoms with Crippen LogP contribution in [0.3, 0.4) is 0 Å². The number of rotatable bonds is 6. The minimum Gasteiger partial charge on any atom is -0.480 e. The number of fused-ring (bicyclic) bond motifs is 1. The minimum absolute atomic E-state index is 0.366. The van der Waals surface area contributed by atoms with Crippen LogP contribution in [0.2, 0.25) is 0 Å². The Hall–Kier alpha value is -3.09. The molecule has 0 saturated heterocycles. The van der Waals surface area contributed by atoms with E-state index in [1.807, 2.05) is 18.2 Å². The zero-order valence-electron chi connectivity index (χ0n) is 20.0. The van der Waals surface area contributed by atoms with Crippen LogP contribution in [0.4, 0.5) is 0 Å². The summed E-state index contributed by atoms with van der Waals surface area (Å²) in [5, 5.41) is 11.2. The maximum absolute atomic E-state index is 12.3. The van der Waals surface area contributed by atoms with Crippen molar-refractivity contribution in [2.75, 3.05) is 6.54 Å². The number of imidazole rings is 1. The largest absolute Gasteiger partial charge is 0.480 e. The molecule has 1 amide bonds. The molecule has 1 aromatic carbocycles. The molecule has 0 radical (unpaired) electrons. The van der Waals surface area contributed by atoms with Crippen LogP contribution in [0.15, 0.2) is 41.0 Å². The monoisotopic (exact) mass is 453 g/mol. The highest BCUT2D eigenvalue weighted by Gasteiger charge is 2.27. The molecule has 33 heavy (non-hydrogen) atoms. The molecule has 2 unspecified atom stereocenters. The molecule has 2 heterocycles. The highest BCUT2D eigenvalue weighted by atomic mass is 16.4. The highest BCUT2D eigenvalue weighted by molar-refractivity contribution is 5.98. The molecule has 7 nitrogen and oxygen atoms in total. The molecule has 1 saturated carbocycles. The van der Waals surface area contributed by atoms with Crippen molar-refractivity contribution in [1.29, 1.82) is 0 Å². The summed E-state index contributed by atoms with van der Waals surface area (Å²) in [4.78, 5) is 27.8. The fourth-order valence-electron chi connectivity index (χ4n) is 4.29. The lowest BCUT2D eigenvalue weighted by molar-refractivity contribution is -0.135. The average Bonchev–Trinajstić information content (AvgIpc) is 3.39. The van der Waals surface area contributed by atoms with E-state index in [1.165, 1.54) is 19.3 Å². The third-order valence-corrected chi connectivity index (χ3v) is 5.74. The van der Waals surface area contributed by atoms with Gasteiger partial charge in [-0.3, -0.25) is 9.59 Å². The molecule has 4 rings (SSSR count). The van der Waals surface area contributed by atoms with Crippen molar-refractivity contribution in [3.63, 3.8) is 0 Å². The second-order valence-corrected chi connectivity index (χ2v) is 9.50. The van der Waals surface area contributed by atoms with Crippen LogP contribution in [0, 0.1) is 11.8 Å². The van der Waals surface area contributed by atoms with E-state index >= 15 is 0 Å². The summed E-state index contributed by atoms with van der Waals surface area (Å²) in [6.07, 6.45) is 7.01. The van der Waals surface area contributed by atoms with E-state index in [0.29, 0.717) is 23.9 Å². The number of amides is 1. The Balaban J connectivity index is 0.000000709. The van der Waals surface area contributed by atoms with E-state index < -0.39 is 18.4 Å². The fraction of sp³-hybridized carbons (Fsp3) is 0.500. The summed E-state index contributed by atoms with van der Waals surface area (Å²) >= 11 is 0. The number of aliphatic carboxylic acids is 1. The third-order valence-electron chi connectivity index (χ3n) is 5.74. The Morgan fingerprint density at radius 3 is 2.58 bits per heavy atom. The van der Waals surface area contributed by atoms with Crippen molar-refractivity contribution in [3.8, 4) is 0 Å². The van der Waals surface area contributed by atoms with Crippen molar-refractivity contribution >= 4 is 22.9 Å². The molecule has 0 bridgehead atoms. The minimum atomic E-state index is -1.07. The van der Waals surface area contributed by atoms with Crippen LogP contribution in [0.5, 0.6) is 0 Å². The number of hydrogen-bond acceptors (Lipinski definition) is 4. The van der Waals surface area contributed by atoms with Gasteiger partial charge in [0, 0.05) is 11.6 Å². The number of carbonyl (C=O) groups excluding carboxylic acids is 1. The second-order valence-electron chi connectivity index (χ2n) is 9.50. The Morgan fingerprint density at radius 2 is 1.94 bits per heavy atom. The maximum Gasteiger partial charge on any atom is 0.322 e. The lowest BCUT2D eigenvalue weighted by Gasteiger charge is -2.31. The molecular formula is C26H35N3O4. The number of carbonyl (C=O) groups is 2. The molecule has 2 aromatic heterocycles. The molecule has 1 fully saturated rings. The lowest BCUT2D eigenvalue weighted by atomic mass is 9.85. The normalized spacial score (nSPS) is 18.1. The zero-order valence-corrected chi connectivity index (χ0v) is 20.0. The molecule has 3 aromatic rings. The predicted molar refractivity (Wildman–Crippen MR) is 128 cm³/mol. The van der Waals surface area contributed by atoms with E-state index in [9.17, 15) is 9.59 Å². The van der Waals surface area contributed by atoms with Gasteiger partial charge in [0.25, 0.3) is 5.91 Å². The van der Waals surface area contributed by atoms with Crippen molar-refractivity contribution in [3.05, 3.63) is 53.7 Å². The first-order valence-corrected chi connectivity index (χ1v) is 11.8. The number of hydrogen-bond donors (Lipinski definition) is 2. The predicted octanol–water partition coefficient (Wildman–Crippen LogP) is 5.45. The van der Waals surface area contributed by atoms with Crippen LogP contribution in [-0.2, 0) is 11.2 Å². The van der Waals surface area contributed by atoms with E-state index in [2.05, 4.69) is 37.6 Å². The van der Waals surface area contributed by atoms with Crippen molar-refractivity contribution in [2.24, 2.45) is 11.8 Å². The van der Waals surface area contributed by atoms with Gasteiger partial charge < -0.3 is 19.4 Å². The first kappa shape index (κ1) is 24.6. The zero-order chi connectivity index (χ0) is 24.0. The number of benzene rings is 1. The number of furan rings is 1. The van der Waals surface area contributed by atoms with Gasteiger partial charge in [0.05, 0.1) is 23.7 Å². The molecule has 1 aliphatic carbocycles. The van der Waals surface area contributed by atoms with Gasteiger partial charge in [0.15, 0.2) is 0 Å². The van der Waals surface area contributed by atoms with Gasteiger partial charge in [0.2, 0.25) is 0 Å². The summed E-state index contributed by atoms with van der Waals surface area (Å²) < 4.78 is 7.87. The smallest absolute Gasteiger partial charge is 0.322 e. The average molecular weight is 454 g/mol. The summed E-state index contributed by atoms with van der Waals surface area (Å²) in [5.41, 5.74) is 2.15. The lowest BCUT2D eigenvalue weighted by Crippen LogP contribution is -2.29. The standard InChI is InChI=1S/C22H25N3O4.C4H10/c1-14-5-2-3-7-18(14)25-19-9-8-15(22(28)23-13-21(26)27)11-17(19)24-20(25)12-16-6-4-10-29-16;1-4(2)3/h4,6,8-11,14,18H,2-3,5,7,12-13H2,1H3,(H,23,28)(H,26,27);4H,1-3H3. The molecule has 0 spiro atoms. The van der Waals surface area contributed by atoms with E-state index in [4.69, 9.17) is 14.5 Å². The third kappa shape index (κ3) is 6.46.